The van der Waals surface area contributed by atoms with E-state index in [1.165, 1.54) is 0 Å². The Kier molecular flexibility index (Phi) is 7.87. The number of allylic oxidation sites excluding steroid dienone is 2. The maximum absolute atomic E-state index is 11.8. The molecule has 1 aliphatic rings. The van der Waals surface area contributed by atoms with E-state index in [1.54, 1.807) is 6.92 Å². The lowest BCUT2D eigenvalue weighted by molar-refractivity contribution is -0.141. The van der Waals surface area contributed by atoms with Crippen molar-refractivity contribution in [3.05, 3.63) is 12.2 Å². The van der Waals surface area contributed by atoms with Crippen molar-refractivity contribution in [3.8, 4) is 0 Å². The summed E-state index contributed by atoms with van der Waals surface area (Å²) in [4.78, 5) is 22.5. The summed E-state index contributed by atoms with van der Waals surface area (Å²) >= 11 is 0. The fourth-order valence-electron chi connectivity index (χ4n) is 2.48. The van der Waals surface area contributed by atoms with Gasteiger partial charge in [-0.3, -0.25) is 4.79 Å². The number of carbonyl (C=O) groups is 2. The second kappa shape index (κ2) is 9.42. The highest BCUT2D eigenvalue weighted by Crippen LogP contribution is 2.16. The van der Waals surface area contributed by atoms with Gasteiger partial charge in [0.2, 0.25) is 0 Å². The Bertz CT molecular complexity index is 369. The van der Waals surface area contributed by atoms with Crippen LogP contribution in [0.5, 0.6) is 0 Å². The number of amides is 2. The number of carboxylic acids is 1. The van der Waals surface area contributed by atoms with Crippen LogP contribution in [0, 0.1) is 11.8 Å². The Hall–Kier alpha value is -1.52. The van der Waals surface area contributed by atoms with Crippen LogP contribution in [-0.4, -0.2) is 29.7 Å². The molecule has 0 aromatic heterocycles. The summed E-state index contributed by atoms with van der Waals surface area (Å²) in [6, 6.07) is -0.0550. The van der Waals surface area contributed by atoms with E-state index in [9.17, 15) is 9.59 Å². The van der Waals surface area contributed by atoms with Crippen molar-refractivity contribution in [1.82, 2.24) is 10.6 Å². The molecule has 0 aromatic rings. The molecular formula is C16H28N2O3. The molecule has 0 radical (unpaired) electrons. The lowest BCUT2D eigenvalue weighted by atomic mass is 9.94. The van der Waals surface area contributed by atoms with Crippen LogP contribution in [0.4, 0.5) is 4.79 Å². The topological polar surface area (TPSA) is 78.4 Å². The summed E-state index contributed by atoms with van der Waals surface area (Å²) in [5.41, 5.74) is 0. The zero-order valence-corrected chi connectivity index (χ0v) is 13.1. The van der Waals surface area contributed by atoms with Gasteiger partial charge in [0.15, 0.2) is 0 Å². The summed E-state index contributed by atoms with van der Waals surface area (Å²) in [6.45, 7) is 4.39. The number of urea groups is 1. The van der Waals surface area contributed by atoms with E-state index in [0.717, 1.165) is 38.6 Å². The van der Waals surface area contributed by atoms with Crippen LogP contribution in [0.15, 0.2) is 12.2 Å². The third-order valence-electron chi connectivity index (χ3n) is 4.00. The fraction of sp³-hybridized carbons (Fsp3) is 0.750. The zero-order chi connectivity index (χ0) is 15.7. The van der Waals surface area contributed by atoms with Crippen LogP contribution in [0.2, 0.25) is 0 Å². The third kappa shape index (κ3) is 7.73. The molecule has 2 amide bonds. The molecule has 5 nitrogen and oxygen atoms in total. The van der Waals surface area contributed by atoms with E-state index < -0.39 is 5.97 Å². The van der Waals surface area contributed by atoms with Gasteiger partial charge in [0, 0.05) is 12.6 Å². The van der Waals surface area contributed by atoms with Gasteiger partial charge in [0.1, 0.15) is 0 Å². The van der Waals surface area contributed by atoms with Crippen LogP contribution < -0.4 is 10.6 Å². The first kappa shape index (κ1) is 17.5. The van der Waals surface area contributed by atoms with E-state index in [2.05, 4.69) is 22.8 Å². The number of carbonyl (C=O) groups excluding carboxylic acids is 1. The van der Waals surface area contributed by atoms with Crippen LogP contribution in [0.1, 0.15) is 52.4 Å². The van der Waals surface area contributed by atoms with Gasteiger partial charge in [0.25, 0.3) is 0 Å². The molecule has 1 rings (SSSR count). The van der Waals surface area contributed by atoms with Gasteiger partial charge in [-0.25, -0.2) is 4.79 Å². The molecular weight excluding hydrogens is 268 g/mol. The van der Waals surface area contributed by atoms with Gasteiger partial charge in [-0.1, -0.05) is 25.5 Å². The Labute approximate surface area is 127 Å². The minimum Gasteiger partial charge on any atom is -0.481 e. The number of rotatable bonds is 8. The summed E-state index contributed by atoms with van der Waals surface area (Å²) in [5.74, 6) is -0.521. The van der Waals surface area contributed by atoms with Crippen LogP contribution in [0.3, 0.4) is 0 Å². The highest BCUT2D eigenvalue weighted by molar-refractivity contribution is 5.74. The van der Waals surface area contributed by atoms with Gasteiger partial charge in [-0.05, 0) is 44.9 Å². The molecule has 120 valence electrons. The molecule has 21 heavy (non-hydrogen) atoms. The number of hydrogen-bond donors (Lipinski definition) is 3. The van der Waals surface area contributed by atoms with Crippen molar-refractivity contribution in [2.45, 2.75) is 58.4 Å². The maximum atomic E-state index is 11.8. The lowest BCUT2D eigenvalue weighted by Crippen LogP contribution is -2.42. The molecule has 0 aromatic carbocycles. The molecule has 1 aliphatic carbocycles. The second-order valence-corrected chi connectivity index (χ2v) is 6.08. The largest absolute Gasteiger partial charge is 0.481 e. The first-order chi connectivity index (χ1) is 9.99. The molecule has 0 aliphatic heterocycles. The van der Waals surface area contributed by atoms with Gasteiger partial charge in [0.05, 0.1) is 5.92 Å². The Morgan fingerprint density at radius 2 is 2.05 bits per heavy atom. The van der Waals surface area contributed by atoms with Crippen LogP contribution >= 0.6 is 0 Å². The summed E-state index contributed by atoms with van der Waals surface area (Å²) in [5, 5.41) is 14.6. The smallest absolute Gasteiger partial charge is 0.315 e. The molecule has 0 saturated heterocycles. The van der Waals surface area contributed by atoms with Gasteiger partial charge >= 0.3 is 12.0 Å². The van der Waals surface area contributed by atoms with E-state index >= 15 is 0 Å². The van der Waals surface area contributed by atoms with Crippen LogP contribution in [-0.2, 0) is 4.79 Å². The second-order valence-electron chi connectivity index (χ2n) is 6.08. The average molecular weight is 296 g/mol. The van der Waals surface area contributed by atoms with Gasteiger partial charge in [-0.2, -0.15) is 0 Å². The average Bonchev–Trinajstić information content (AvgIpc) is 2.46. The molecule has 5 heteroatoms. The highest BCUT2D eigenvalue weighted by atomic mass is 16.4. The number of hydrogen-bond acceptors (Lipinski definition) is 2. The van der Waals surface area contributed by atoms with Crippen molar-refractivity contribution in [2.24, 2.45) is 11.8 Å². The number of aliphatic carboxylic acids is 1. The Morgan fingerprint density at radius 3 is 2.67 bits per heavy atom. The monoisotopic (exact) mass is 296 g/mol. The summed E-state index contributed by atoms with van der Waals surface area (Å²) < 4.78 is 0. The number of nitrogens with one attached hydrogen (secondary N) is 2. The van der Waals surface area contributed by atoms with Crippen molar-refractivity contribution >= 4 is 12.0 Å². The Balaban J connectivity index is 2.09. The van der Waals surface area contributed by atoms with E-state index in [4.69, 9.17) is 5.11 Å². The molecule has 0 heterocycles. The standard InChI is InChI=1S/C16H28N2O3/c1-12(15(19)20)7-6-8-13(2)18-16(21)17-11-14-9-4-3-5-10-14/h3-4,12-14H,5-11H2,1-2H3,(H,19,20)(H2,17,18,21). The third-order valence-corrected chi connectivity index (χ3v) is 4.00. The first-order valence-electron chi connectivity index (χ1n) is 7.91. The molecule has 0 spiro atoms. The summed E-state index contributed by atoms with van der Waals surface area (Å²) in [6.07, 6.45) is 9.92. The highest BCUT2D eigenvalue weighted by Gasteiger charge is 2.14. The molecule has 0 bridgehead atoms. The minimum absolute atomic E-state index is 0.0669. The van der Waals surface area contributed by atoms with E-state index in [0.29, 0.717) is 12.3 Å². The predicted molar refractivity (Wildman–Crippen MR) is 83.1 cm³/mol. The van der Waals surface area contributed by atoms with Crippen molar-refractivity contribution in [2.75, 3.05) is 6.54 Å². The normalized spacial score (nSPS) is 20.6. The van der Waals surface area contributed by atoms with E-state index in [-0.39, 0.29) is 18.0 Å². The zero-order valence-electron chi connectivity index (χ0n) is 13.1. The van der Waals surface area contributed by atoms with Gasteiger partial charge in [-0.15, -0.1) is 0 Å². The predicted octanol–water partition coefficient (Wildman–Crippen LogP) is 2.92. The fourth-order valence-corrected chi connectivity index (χ4v) is 2.48. The van der Waals surface area contributed by atoms with E-state index in [1.807, 2.05) is 6.92 Å². The number of carboxylic acid groups (broad SMARTS) is 1. The Morgan fingerprint density at radius 1 is 1.29 bits per heavy atom. The molecule has 3 atom stereocenters. The van der Waals surface area contributed by atoms with Crippen molar-refractivity contribution < 1.29 is 14.7 Å². The molecule has 3 unspecified atom stereocenters. The molecule has 0 saturated carbocycles. The quantitative estimate of drug-likeness (QED) is 0.603. The maximum Gasteiger partial charge on any atom is 0.315 e. The lowest BCUT2D eigenvalue weighted by Gasteiger charge is -2.20. The first-order valence-corrected chi connectivity index (χ1v) is 7.91. The molecule has 3 N–H and O–H groups in total. The molecule has 0 fully saturated rings. The van der Waals surface area contributed by atoms with Crippen LogP contribution in [0.25, 0.3) is 0 Å². The SMILES string of the molecule is CC(CCCC(C)C(=O)O)NC(=O)NCC1CC=CCC1. The van der Waals surface area contributed by atoms with Crippen molar-refractivity contribution in [1.29, 1.82) is 0 Å². The van der Waals surface area contributed by atoms with Crippen molar-refractivity contribution in [3.63, 3.8) is 0 Å². The van der Waals surface area contributed by atoms with Gasteiger partial charge < -0.3 is 15.7 Å². The summed E-state index contributed by atoms with van der Waals surface area (Å²) in [7, 11) is 0. The minimum atomic E-state index is -0.755.